The van der Waals surface area contributed by atoms with Crippen LogP contribution in [-0.4, -0.2) is 16.5 Å². The molecule has 18 heavy (non-hydrogen) atoms. The normalized spacial score (nSPS) is 12.7. The first-order valence-corrected chi connectivity index (χ1v) is 5.25. The van der Waals surface area contributed by atoms with Gasteiger partial charge in [0, 0.05) is 11.8 Å². The van der Waals surface area contributed by atoms with Crippen LogP contribution in [0.4, 0.5) is 26.3 Å². The number of alkyl halides is 6. The molecule has 0 aromatic carbocycles. The molecule has 0 unspecified atom stereocenters. The molecule has 0 saturated heterocycles. The van der Waals surface area contributed by atoms with Gasteiger partial charge in [0.1, 0.15) is 0 Å². The number of nitrogens with zero attached hydrogens (tertiary/aromatic N) is 1. The fraction of sp³-hybridized carbons (Fsp3) is 0.375. The topological polar surface area (TPSA) is 42.4 Å². The van der Waals surface area contributed by atoms with E-state index >= 15 is 0 Å². The maximum absolute atomic E-state index is 12.5. The van der Waals surface area contributed by atoms with E-state index in [9.17, 15) is 26.3 Å². The summed E-state index contributed by atoms with van der Waals surface area (Å²) in [5.41, 5.74) is -1.98. The third-order valence-corrected chi connectivity index (χ3v) is 2.89. The van der Waals surface area contributed by atoms with Crippen molar-refractivity contribution < 1.29 is 36.2 Å². The van der Waals surface area contributed by atoms with Crippen molar-refractivity contribution in [3.8, 4) is 5.75 Å². The van der Waals surface area contributed by atoms with E-state index < -0.39 is 34.2 Å². The standard InChI is InChI=1S/C8H4F6INO2/c9-7(10,11)6-5(18-8(12,13)14)4(15)3(2-17)1-16-6/h1,17H,2H2. The number of pyridine rings is 1. The number of hydrogen-bond acceptors (Lipinski definition) is 3. The Morgan fingerprint density at radius 2 is 1.78 bits per heavy atom. The molecule has 0 radical (unpaired) electrons. The third kappa shape index (κ3) is 3.60. The number of hydrogen-bond donors (Lipinski definition) is 1. The van der Waals surface area contributed by atoms with Crippen LogP contribution in [0.1, 0.15) is 11.3 Å². The van der Waals surface area contributed by atoms with E-state index in [0.29, 0.717) is 6.20 Å². The molecule has 3 nitrogen and oxygen atoms in total. The van der Waals surface area contributed by atoms with Gasteiger partial charge in [-0.3, -0.25) is 0 Å². The molecule has 0 aliphatic heterocycles. The molecule has 1 aromatic heterocycles. The van der Waals surface area contributed by atoms with Crippen molar-refractivity contribution in [2.24, 2.45) is 0 Å². The number of ether oxygens (including phenoxy) is 1. The summed E-state index contributed by atoms with van der Waals surface area (Å²) in [4.78, 5) is 2.85. The fourth-order valence-corrected chi connectivity index (χ4v) is 1.70. The van der Waals surface area contributed by atoms with Crippen LogP contribution in [0.3, 0.4) is 0 Å². The lowest BCUT2D eigenvalue weighted by Crippen LogP contribution is -2.22. The quantitative estimate of drug-likeness (QED) is 0.627. The summed E-state index contributed by atoms with van der Waals surface area (Å²) in [6.45, 7) is -0.752. The minimum atomic E-state index is -5.28. The molecule has 10 heteroatoms. The van der Waals surface area contributed by atoms with Crippen molar-refractivity contribution in [3.05, 3.63) is 21.0 Å². The zero-order valence-electron chi connectivity index (χ0n) is 8.23. The Hall–Kier alpha value is -0.780. The highest BCUT2D eigenvalue weighted by molar-refractivity contribution is 14.1. The van der Waals surface area contributed by atoms with Crippen LogP contribution in [-0.2, 0) is 12.8 Å². The first-order chi connectivity index (χ1) is 8.06. The van der Waals surface area contributed by atoms with Crippen LogP contribution in [0.2, 0.25) is 0 Å². The summed E-state index contributed by atoms with van der Waals surface area (Å²) >= 11 is 1.22. The lowest BCUT2D eigenvalue weighted by Gasteiger charge is -2.17. The summed E-state index contributed by atoms with van der Waals surface area (Å²) in [5, 5.41) is 8.77. The van der Waals surface area contributed by atoms with Gasteiger partial charge in [-0.1, -0.05) is 0 Å². The van der Waals surface area contributed by atoms with Crippen molar-refractivity contribution in [2.45, 2.75) is 19.1 Å². The maximum atomic E-state index is 12.5. The smallest absolute Gasteiger partial charge is 0.402 e. The fourth-order valence-electron chi connectivity index (χ4n) is 1.03. The van der Waals surface area contributed by atoms with E-state index in [0.717, 1.165) is 0 Å². The Labute approximate surface area is 110 Å². The van der Waals surface area contributed by atoms with Gasteiger partial charge in [0.2, 0.25) is 0 Å². The Balaban J connectivity index is 3.41. The number of aromatic nitrogens is 1. The molecule has 1 N–H and O–H groups in total. The lowest BCUT2D eigenvalue weighted by atomic mass is 10.2. The van der Waals surface area contributed by atoms with Gasteiger partial charge in [0.25, 0.3) is 0 Å². The second kappa shape index (κ2) is 5.07. The van der Waals surface area contributed by atoms with E-state index in [-0.39, 0.29) is 5.56 Å². The van der Waals surface area contributed by atoms with E-state index in [1.807, 2.05) is 0 Å². The Morgan fingerprint density at radius 1 is 1.22 bits per heavy atom. The van der Waals surface area contributed by atoms with Crippen molar-refractivity contribution in [1.29, 1.82) is 0 Å². The SMILES string of the molecule is OCc1cnc(C(F)(F)F)c(OC(F)(F)F)c1I. The molecule has 1 heterocycles. The summed E-state index contributed by atoms with van der Waals surface area (Å²) in [6.07, 6.45) is -9.72. The molecular weight excluding hydrogens is 383 g/mol. The molecule has 1 aromatic rings. The molecule has 0 spiro atoms. The second-order valence-corrected chi connectivity index (χ2v) is 4.06. The Kier molecular flexibility index (Phi) is 4.30. The largest absolute Gasteiger partial charge is 0.573 e. The first kappa shape index (κ1) is 15.3. The highest BCUT2D eigenvalue weighted by Crippen LogP contribution is 2.40. The van der Waals surface area contributed by atoms with Gasteiger partial charge in [0.15, 0.2) is 11.4 Å². The van der Waals surface area contributed by atoms with Gasteiger partial charge in [-0.2, -0.15) is 13.2 Å². The summed E-state index contributed by atoms with van der Waals surface area (Å²) in [5.74, 6) is -1.46. The minimum absolute atomic E-state index is 0.192. The van der Waals surface area contributed by atoms with Gasteiger partial charge in [0.05, 0.1) is 10.2 Å². The summed E-state index contributed by atoms with van der Waals surface area (Å²) in [7, 11) is 0. The van der Waals surface area contributed by atoms with Crippen molar-refractivity contribution in [2.75, 3.05) is 0 Å². The van der Waals surface area contributed by atoms with E-state index in [2.05, 4.69) is 9.72 Å². The zero-order chi connectivity index (χ0) is 14.1. The van der Waals surface area contributed by atoms with Crippen molar-refractivity contribution in [3.63, 3.8) is 0 Å². The molecule has 0 fully saturated rings. The number of aliphatic hydroxyl groups is 1. The summed E-state index contributed by atoms with van der Waals surface area (Å²) < 4.78 is 76.4. The molecule has 102 valence electrons. The molecule has 0 aliphatic rings. The minimum Gasteiger partial charge on any atom is -0.402 e. The van der Waals surface area contributed by atoms with Crippen LogP contribution in [0.5, 0.6) is 5.75 Å². The molecule has 0 bridgehead atoms. The van der Waals surface area contributed by atoms with Crippen molar-refractivity contribution >= 4 is 22.6 Å². The average molecular weight is 387 g/mol. The second-order valence-electron chi connectivity index (χ2n) is 2.98. The third-order valence-electron chi connectivity index (χ3n) is 1.70. The number of halogens is 7. The molecule has 1 rings (SSSR count). The Morgan fingerprint density at radius 3 is 2.17 bits per heavy atom. The first-order valence-electron chi connectivity index (χ1n) is 4.17. The summed E-state index contributed by atoms with van der Waals surface area (Å²) in [6, 6.07) is 0. The predicted molar refractivity (Wildman–Crippen MR) is 54.6 cm³/mol. The Bertz CT molecular complexity index is 444. The van der Waals surface area contributed by atoms with Crippen LogP contribution in [0.15, 0.2) is 6.20 Å². The monoisotopic (exact) mass is 387 g/mol. The van der Waals surface area contributed by atoms with Crippen LogP contribution in [0, 0.1) is 3.57 Å². The maximum Gasteiger partial charge on any atom is 0.573 e. The average Bonchev–Trinajstić information content (AvgIpc) is 2.17. The van der Waals surface area contributed by atoms with Crippen LogP contribution < -0.4 is 4.74 Å². The van der Waals surface area contributed by atoms with Gasteiger partial charge >= 0.3 is 12.5 Å². The van der Waals surface area contributed by atoms with E-state index in [1.54, 1.807) is 0 Å². The van der Waals surface area contributed by atoms with Gasteiger partial charge in [-0.25, -0.2) is 4.98 Å². The zero-order valence-corrected chi connectivity index (χ0v) is 10.4. The molecule has 0 aliphatic carbocycles. The highest BCUT2D eigenvalue weighted by Gasteiger charge is 2.42. The van der Waals surface area contributed by atoms with E-state index in [1.165, 1.54) is 22.6 Å². The lowest BCUT2D eigenvalue weighted by molar-refractivity contribution is -0.276. The van der Waals surface area contributed by atoms with Crippen LogP contribution in [0.25, 0.3) is 0 Å². The number of aliphatic hydroxyl groups excluding tert-OH is 1. The van der Waals surface area contributed by atoms with E-state index in [4.69, 9.17) is 5.11 Å². The molecule has 0 amide bonds. The molecule has 0 saturated carbocycles. The predicted octanol–water partition coefficient (Wildman–Crippen LogP) is 3.10. The molecular formula is C8H4F6INO2. The van der Waals surface area contributed by atoms with Crippen LogP contribution >= 0.6 is 22.6 Å². The molecule has 0 atom stereocenters. The highest BCUT2D eigenvalue weighted by atomic mass is 127. The van der Waals surface area contributed by atoms with Crippen molar-refractivity contribution in [1.82, 2.24) is 4.98 Å². The van der Waals surface area contributed by atoms with Gasteiger partial charge in [-0.05, 0) is 22.6 Å². The van der Waals surface area contributed by atoms with Gasteiger partial charge in [-0.15, -0.1) is 13.2 Å². The number of rotatable bonds is 2. The van der Waals surface area contributed by atoms with Gasteiger partial charge < -0.3 is 9.84 Å².